The van der Waals surface area contributed by atoms with E-state index in [1.165, 1.54) is 19.3 Å². The van der Waals surface area contributed by atoms with Gasteiger partial charge in [-0.3, -0.25) is 4.79 Å². The summed E-state index contributed by atoms with van der Waals surface area (Å²) in [7, 11) is 0. The fraction of sp³-hybridized carbons (Fsp3) is 0.565. The van der Waals surface area contributed by atoms with Gasteiger partial charge >= 0.3 is 0 Å². The third kappa shape index (κ3) is 5.13. The lowest BCUT2D eigenvalue weighted by atomic mass is 9.69. The first-order valence-electron chi connectivity index (χ1n) is 10.3. The zero-order valence-corrected chi connectivity index (χ0v) is 18.3. The van der Waals surface area contributed by atoms with Crippen LogP contribution in [-0.4, -0.2) is 23.5 Å². The number of aromatic nitrogens is 1. The number of carbonyl (C=O) groups excluding carboxylic acids is 1. The normalized spacial score (nSPS) is 20.0. The van der Waals surface area contributed by atoms with E-state index < -0.39 is 0 Å². The molecule has 5 heteroatoms. The Balaban J connectivity index is 1.66. The fourth-order valence-corrected chi connectivity index (χ4v) is 5.05. The third-order valence-corrected chi connectivity index (χ3v) is 6.46. The van der Waals surface area contributed by atoms with Crippen molar-refractivity contribution in [3.8, 4) is 16.3 Å². The van der Waals surface area contributed by atoms with Gasteiger partial charge in [-0.05, 0) is 43.2 Å². The molecule has 1 heterocycles. The average molecular weight is 401 g/mol. The van der Waals surface area contributed by atoms with Crippen LogP contribution in [0, 0.1) is 11.3 Å². The van der Waals surface area contributed by atoms with E-state index in [2.05, 4.69) is 26.1 Å². The van der Waals surface area contributed by atoms with Crippen LogP contribution in [0.3, 0.4) is 0 Å². The summed E-state index contributed by atoms with van der Waals surface area (Å²) in [5.41, 5.74) is 2.03. The molecule has 0 bridgehead atoms. The topological polar surface area (TPSA) is 51.2 Å². The van der Waals surface area contributed by atoms with Gasteiger partial charge in [-0.2, -0.15) is 0 Å². The van der Waals surface area contributed by atoms with E-state index in [0.717, 1.165) is 28.4 Å². The van der Waals surface area contributed by atoms with E-state index in [4.69, 9.17) is 9.72 Å². The SMILES string of the molecule is CCOc1ccccc1-c1nc(CC(=O)NC2CCCCC2C(C)(C)C)cs1. The molecule has 0 spiro atoms. The predicted molar refractivity (Wildman–Crippen MR) is 116 cm³/mol. The second-order valence-corrected chi connectivity index (χ2v) is 9.54. The average Bonchev–Trinajstić information content (AvgIpc) is 3.10. The van der Waals surface area contributed by atoms with Gasteiger partial charge in [-0.25, -0.2) is 4.98 Å². The number of hydrogen-bond donors (Lipinski definition) is 1. The van der Waals surface area contributed by atoms with Gasteiger partial charge in [-0.1, -0.05) is 45.7 Å². The molecule has 1 aliphatic carbocycles. The molecule has 2 aromatic rings. The highest BCUT2D eigenvalue weighted by molar-refractivity contribution is 7.13. The Morgan fingerprint density at radius 2 is 2.00 bits per heavy atom. The first kappa shape index (κ1) is 20.8. The molecule has 1 aromatic carbocycles. The highest BCUT2D eigenvalue weighted by atomic mass is 32.1. The second-order valence-electron chi connectivity index (χ2n) is 8.68. The molecular formula is C23H32N2O2S. The summed E-state index contributed by atoms with van der Waals surface area (Å²) < 4.78 is 5.71. The summed E-state index contributed by atoms with van der Waals surface area (Å²) in [6, 6.07) is 8.21. The molecule has 0 radical (unpaired) electrons. The van der Waals surface area contributed by atoms with Gasteiger partial charge < -0.3 is 10.1 Å². The monoisotopic (exact) mass is 400 g/mol. The van der Waals surface area contributed by atoms with Gasteiger partial charge in [0.1, 0.15) is 10.8 Å². The molecule has 1 N–H and O–H groups in total. The van der Waals surface area contributed by atoms with Crippen LogP contribution >= 0.6 is 11.3 Å². The Morgan fingerprint density at radius 3 is 2.75 bits per heavy atom. The van der Waals surface area contributed by atoms with Crippen LogP contribution in [0.25, 0.3) is 10.6 Å². The van der Waals surface area contributed by atoms with Crippen LogP contribution in [0.2, 0.25) is 0 Å². The molecule has 1 aromatic heterocycles. The molecular weight excluding hydrogens is 368 g/mol. The quantitative estimate of drug-likeness (QED) is 0.699. The van der Waals surface area contributed by atoms with Crippen molar-refractivity contribution in [1.29, 1.82) is 0 Å². The number of para-hydroxylation sites is 1. The van der Waals surface area contributed by atoms with Crippen LogP contribution in [0.1, 0.15) is 59.1 Å². The molecule has 2 unspecified atom stereocenters. The maximum absolute atomic E-state index is 12.7. The van der Waals surface area contributed by atoms with Crippen LogP contribution < -0.4 is 10.1 Å². The maximum atomic E-state index is 12.7. The van der Waals surface area contributed by atoms with Gasteiger partial charge in [-0.15, -0.1) is 11.3 Å². The second kappa shape index (κ2) is 9.08. The Hall–Kier alpha value is -1.88. The number of benzene rings is 1. The molecule has 1 saturated carbocycles. The maximum Gasteiger partial charge on any atom is 0.226 e. The van der Waals surface area contributed by atoms with E-state index >= 15 is 0 Å². The van der Waals surface area contributed by atoms with Crippen molar-refractivity contribution in [2.75, 3.05) is 6.61 Å². The fourth-order valence-electron chi connectivity index (χ4n) is 4.20. The number of carbonyl (C=O) groups is 1. The van der Waals surface area contributed by atoms with Crippen molar-refractivity contribution in [1.82, 2.24) is 10.3 Å². The molecule has 0 saturated heterocycles. The lowest BCUT2D eigenvalue weighted by molar-refractivity contribution is -0.122. The van der Waals surface area contributed by atoms with Gasteiger partial charge in [0.15, 0.2) is 0 Å². The number of amides is 1. The summed E-state index contributed by atoms with van der Waals surface area (Å²) in [6.45, 7) is 9.44. The predicted octanol–water partition coefficient (Wildman–Crippen LogP) is 5.47. The number of hydrogen-bond acceptors (Lipinski definition) is 4. The number of nitrogens with zero attached hydrogens (tertiary/aromatic N) is 1. The highest BCUT2D eigenvalue weighted by Gasteiger charge is 2.34. The summed E-state index contributed by atoms with van der Waals surface area (Å²) in [5.74, 6) is 1.45. The zero-order valence-electron chi connectivity index (χ0n) is 17.5. The van der Waals surface area contributed by atoms with E-state index in [1.54, 1.807) is 11.3 Å². The minimum absolute atomic E-state index is 0.0797. The van der Waals surface area contributed by atoms with Crippen LogP contribution in [0.5, 0.6) is 5.75 Å². The summed E-state index contributed by atoms with van der Waals surface area (Å²) >= 11 is 1.56. The summed E-state index contributed by atoms with van der Waals surface area (Å²) in [6.07, 6.45) is 5.08. The molecule has 1 aliphatic rings. The van der Waals surface area contributed by atoms with Crippen molar-refractivity contribution in [2.45, 2.75) is 65.8 Å². The number of ether oxygens (including phenoxy) is 1. The van der Waals surface area contributed by atoms with Crippen LogP contribution in [0.4, 0.5) is 0 Å². The van der Waals surface area contributed by atoms with Crippen molar-refractivity contribution in [3.63, 3.8) is 0 Å². The molecule has 4 nitrogen and oxygen atoms in total. The molecule has 0 aliphatic heterocycles. The van der Waals surface area contributed by atoms with Crippen molar-refractivity contribution in [3.05, 3.63) is 35.3 Å². The van der Waals surface area contributed by atoms with Gasteiger partial charge in [0.25, 0.3) is 0 Å². The Labute approximate surface area is 172 Å². The minimum atomic E-state index is 0.0797. The highest BCUT2D eigenvalue weighted by Crippen LogP contribution is 2.38. The van der Waals surface area contributed by atoms with Crippen molar-refractivity contribution in [2.24, 2.45) is 11.3 Å². The zero-order chi connectivity index (χ0) is 20.1. The first-order valence-corrected chi connectivity index (χ1v) is 11.2. The molecule has 1 amide bonds. The van der Waals surface area contributed by atoms with Crippen LogP contribution in [-0.2, 0) is 11.2 Å². The van der Waals surface area contributed by atoms with Crippen LogP contribution in [0.15, 0.2) is 29.6 Å². The molecule has 2 atom stereocenters. The summed E-state index contributed by atoms with van der Waals surface area (Å²) in [5, 5.41) is 6.19. The number of rotatable bonds is 6. The van der Waals surface area contributed by atoms with E-state index in [9.17, 15) is 4.79 Å². The van der Waals surface area contributed by atoms with Gasteiger partial charge in [0.05, 0.1) is 24.3 Å². The number of nitrogens with one attached hydrogen (secondary N) is 1. The van der Waals surface area contributed by atoms with E-state index in [0.29, 0.717) is 18.9 Å². The standard InChI is InChI=1S/C23H32N2O2S/c1-5-27-20-13-9-6-10-17(20)22-24-16(15-28-22)14-21(26)25-19-12-8-7-11-18(19)23(2,3)4/h6,9-10,13,15,18-19H,5,7-8,11-12,14H2,1-4H3,(H,25,26). The molecule has 3 rings (SSSR count). The molecule has 1 fully saturated rings. The lowest BCUT2D eigenvalue weighted by Gasteiger charge is -2.40. The number of thiazole rings is 1. The summed E-state index contributed by atoms with van der Waals surface area (Å²) in [4.78, 5) is 17.4. The van der Waals surface area contributed by atoms with E-state index in [-0.39, 0.29) is 17.4 Å². The lowest BCUT2D eigenvalue weighted by Crippen LogP contribution is -2.47. The smallest absolute Gasteiger partial charge is 0.226 e. The van der Waals surface area contributed by atoms with Gasteiger partial charge in [0, 0.05) is 11.4 Å². The Morgan fingerprint density at radius 1 is 1.25 bits per heavy atom. The third-order valence-electron chi connectivity index (χ3n) is 5.54. The molecule has 28 heavy (non-hydrogen) atoms. The largest absolute Gasteiger partial charge is 0.493 e. The molecule has 152 valence electrons. The first-order chi connectivity index (χ1) is 13.4. The van der Waals surface area contributed by atoms with E-state index in [1.807, 2.05) is 36.6 Å². The minimum Gasteiger partial charge on any atom is -0.493 e. The van der Waals surface area contributed by atoms with Crippen molar-refractivity contribution >= 4 is 17.2 Å². The van der Waals surface area contributed by atoms with Crippen molar-refractivity contribution < 1.29 is 9.53 Å². The van der Waals surface area contributed by atoms with Gasteiger partial charge in [0.2, 0.25) is 5.91 Å². The Bertz CT molecular complexity index is 794. The Kier molecular flexibility index (Phi) is 6.76.